The predicted octanol–water partition coefficient (Wildman–Crippen LogP) is 3.20. The van der Waals surface area contributed by atoms with E-state index in [1.54, 1.807) is 10.7 Å². The van der Waals surface area contributed by atoms with Crippen LogP contribution >= 0.6 is 0 Å². The quantitative estimate of drug-likeness (QED) is 0.697. The lowest BCUT2D eigenvalue weighted by Gasteiger charge is -2.28. The van der Waals surface area contributed by atoms with Crippen LogP contribution < -0.4 is 4.90 Å². The highest BCUT2D eigenvalue weighted by Gasteiger charge is 2.21. The van der Waals surface area contributed by atoms with Gasteiger partial charge < -0.3 is 4.90 Å². The maximum absolute atomic E-state index is 11.8. The number of nitrogens with zero attached hydrogens (tertiary/aromatic N) is 4. The second-order valence-electron chi connectivity index (χ2n) is 5.84. The van der Waals surface area contributed by atoms with E-state index in [-0.39, 0.29) is 0 Å². The topological polar surface area (TPSA) is 50.5 Å². The fourth-order valence-corrected chi connectivity index (χ4v) is 3.26. The molecule has 3 aromatic rings. The average molecular weight is 306 g/mol. The van der Waals surface area contributed by atoms with E-state index in [2.05, 4.69) is 15.0 Å². The Morgan fingerprint density at radius 2 is 1.83 bits per heavy atom. The first-order chi connectivity index (χ1) is 11.4. The van der Waals surface area contributed by atoms with Crippen LogP contribution in [0.2, 0.25) is 0 Å². The van der Waals surface area contributed by atoms with Crippen LogP contribution in [0, 0.1) is 0 Å². The molecule has 0 bridgehead atoms. The van der Waals surface area contributed by atoms with Crippen molar-refractivity contribution >= 4 is 17.6 Å². The van der Waals surface area contributed by atoms with Crippen LogP contribution in [0.25, 0.3) is 16.8 Å². The molecule has 0 aliphatic carbocycles. The summed E-state index contributed by atoms with van der Waals surface area (Å²) in [5.41, 5.74) is 3.09. The summed E-state index contributed by atoms with van der Waals surface area (Å²) in [7, 11) is 0. The monoisotopic (exact) mass is 306 g/mol. The standard InChI is InChI=1S/C18H18N4O/c23-13-15-16(14-7-3-1-4-8-14)20-22-12-9-19-18(17(15)22)21-10-5-2-6-11-21/h1,3-4,7-9,12-13H,2,5-6,10-11H2. The second kappa shape index (κ2) is 5.83. The molecule has 0 spiro atoms. The van der Waals surface area contributed by atoms with Gasteiger partial charge >= 0.3 is 0 Å². The van der Waals surface area contributed by atoms with Gasteiger partial charge in [-0.2, -0.15) is 5.10 Å². The molecule has 1 aromatic carbocycles. The zero-order chi connectivity index (χ0) is 15.6. The molecule has 0 saturated carbocycles. The van der Waals surface area contributed by atoms with Crippen molar-refractivity contribution < 1.29 is 4.79 Å². The summed E-state index contributed by atoms with van der Waals surface area (Å²) < 4.78 is 1.78. The fraction of sp³-hybridized carbons (Fsp3) is 0.278. The second-order valence-corrected chi connectivity index (χ2v) is 5.84. The lowest BCUT2D eigenvalue weighted by Crippen LogP contribution is -2.30. The highest BCUT2D eigenvalue weighted by atomic mass is 16.1. The molecule has 23 heavy (non-hydrogen) atoms. The number of fused-ring (bicyclic) bond motifs is 1. The number of piperidine rings is 1. The molecule has 1 aliphatic heterocycles. The van der Waals surface area contributed by atoms with Gasteiger partial charge in [0.1, 0.15) is 11.2 Å². The smallest absolute Gasteiger partial charge is 0.155 e. The number of carbonyl (C=O) groups excluding carboxylic acids is 1. The molecule has 116 valence electrons. The van der Waals surface area contributed by atoms with Crippen molar-refractivity contribution in [1.29, 1.82) is 0 Å². The Morgan fingerprint density at radius 1 is 1.04 bits per heavy atom. The highest BCUT2D eigenvalue weighted by Crippen LogP contribution is 2.30. The number of hydrogen-bond donors (Lipinski definition) is 0. The number of anilines is 1. The molecule has 1 aliphatic rings. The molecule has 1 fully saturated rings. The van der Waals surface area contributed by atoms with Gasteiger partial charge in [0.25, 0.3) is 0 Å². The Hall–Kier alpha value is -2.69. The van der Waals surface area contributed by atoms with Gasteiger partial charge in [0.2, 0.25) is 0 Å². The fourth-order valence-electron chi connectivity index (χ4n) is 3.26. The maximum atomic E-state index is 11.8. The molecule has 0 amide bonds. The van der Waals surface area contributed by atoms with Gasteiger partial charge in [0, 0.05) is 31.0 Å². The van der Waals surface area contributed by atoms with E-state index in [1.807, 2.05) is 36.5 Å². The number of aldehydes is 1. The Kier molecular flexibility index (Phi) is 3.54. The van der Waals surface area contributed by atoms with Crippen LogP contribution in [0.15, 0.2) is 42.7 Å². The first kappa shape index (κ1) is 13.9. The highest BCUT2D eigenvalue weighted by molar-refractivity contribution is 5.98. The van der Waals surface area contributed by atoms with Crippen LogP contribution in [0.5, 0.6) is 0 Å². The van der Waals surface area contributed by atoms with Gasteiger partial charge in [-0.05, 0) is 19.3 Å². The zero-order valence-electron chi connectivity index (χ0n) is 12.9. The Labute approximate surface area is 134 Å². The molecule has 0 radical (unpaired) electrons. The molecule has 0 atom stereocenters. The van der Waals surface area contributed by atoms with E-state index in [1.165, 1.54) is 19.3 Å². The van der Waals surface area contributed by atoms with Gasteiger partial charge in [-0.15, -0.1) is 0 Å². The van der Waals surface area contributed by atoms with Crippen molar-refractivity contribution in [2.24, 2.45) is 0 Å². The van der Waals surface area contributed by atoms with Crippen LogP contribution in [0.4, 0.5) is 5.82 Å². The molecule has 0 unspecified atom stereocenters. The summed E-state index contributed by atoms with van der Waals surface area (Å²) in [4.78, 5) is 18.6. The Morgan fingerprint density at radius 3 is 2.57 bits per heavy atom. The molecular weight excluding hydrogens is 288 g/mol. The number of hydrogen-bond acceptors (Lipinski definition) is 4. The van der Waals surface area contributed by atoms with Gasteiger partial charge in [-0.25, -0.2) is 9.50 Å². The van der Waals surface area contributed by atoms with Crippen molar-refractivity contribution in [3.63, 3.8) is 0 Å². The molecular formula is C18H18N4O. The predicted molar refractivity (Wildman–Crippen MR) is 89.9 cm³/mol. The van der Waals surface area contributed by atoms with Crippen LogP contribution in [-0.2, 0) is 0 Å². The lowest BCUT2D eigenvalue weighted by molar-refractivity contribution is 0.112. The largest absolute Gasteiger partial charge is 0.355 e. The van der Waals surface area contributed by atoms with Gasteiger partial charge in [0.05, 0.1) is 5.56 Å². The van der Waals surface area contributed by atoms with Crippen LogP contribution in [-0.4, -0.2) is 34.0 Å². The average Bonchev–Trinajstić information content (AvgIpc) is 3.02. The van der Waals surface area contributed by atoms with Crippen molar-refractivity contribution in [1.82, 2.24) is 14.6 Å². The van der Waals surface area contributed by atoms with Crippen molar-refractivity contribution in [2.45, 2.75) is 19.3 Å². The lowest BCUT2D eigenvalue weighted by atomic mass is 10.1. The summed E-state index contributed by atoms with van der Waals surface area (Å²) >= 11 is 0. The first-order valence-electron chi connectivity index (χ1n) is 8.01. The number of aromatic nitrogens is 3. The van der Waals surface area contributed by atoms with Crippen LogP contribution in [0.1, 0.15) is 29.6 Å². The Balaban J connectivity index is 1.93. The maximum Gasteiger partial charge on any atom is 0.155 e. The number of benzene rings is 1. The molecule has 2 aromatic heterocycles. The summed E-state index contributed by atoms with van der Waals surface area (Å²) in [5.74, 6) is 0.865. The van der Waals surface area contributed by atoms with Crippen molar-refractivity contribution in [2.75, 3.05) is 18.0 Å². The third-order valence-electron chi connectivity index (χ3n) is 4.38. The molecule has 5 heteroatoms. The van der Waals surface area contributed by atoms with Crippen LogP contribution in [0.3, 0.4) is 0 Å². The van der Waals surface area contributed by atoms with E-state index < -0.39 is 0 Å². The third-order valence-corrected chi connectivity index (χ3v) is 4.38. The Bertz CT molecular complexity index is 835. The summed E-state index contributed by atoms with van der Waals surface area (Å²) in [6, 6.07) is 9.82. The normalized spacial score (nSPS) is 15.0. The third kappa shape index (κ3) is 2.38. The first-order valence-corrected chi connectivity index (χ1v) is 8.01. The van der Waals surface area contributed by atoms with Crippen molar-refractivity contribution in [3.05, 3.63) is 48.3 Å². The van der Waals surface area contributed by atoms with E-state index >= 15 is 0 Å². The summed E-state index contributed by atoms with van der Waals surface area (Å²) in [6.07, 6.45) is 8.06. The molecule has 4 rings (SSSR count). The summed E-state index contributed by atoms with van der Waals surface area (Å²) in [6.45, 7) is 1.97. The molecule has 0 N–H and O–H groups in total. The van der Waals surface area contributed by atoms with Crippen molar-refractivity contribution in [3.8, 4) is 11.3 Å². The van der Waals surface area contributed by atoms with E-state index in [0.717, 1.165) is 36.3 Å². The van der Waals surface area contributed by atoms with E-state index in [0.29, 0.717) is 11.3 Å². The minimum Gasteiger partial charge on any atom is -0.355 e. The summed E-state index contributed by atoms with van der Waals surface area (Å²) in [5, 5.41) is 4.63. The minimum atomic E-state index is 0.616. The zero-order valence-corrected chi connectivity index (χ0v) is 12.9. The molecule has 5 nitrogen and oxygen atoms in total. The SMILES string of the molecule is O=Cc1c(-c2ccccc2)nn2ccnc(N3CCCCC3)c12. The number of carbonyl (C=O) groups is 1. The molecule has 1 saturated heterocycles. The number of rotatable bonds is 3. The van der Waals surface area contributed by atoms with E-state index in [4.69, 9.17) is 0 Å². The van der Waals surface area contributed by atoms with Gasteiger partial charge in [0.15, 0.2) is 12.1 Å². The van der Waals surface area contributed by atoms with Gasteiger partial charge in [-0.3, -0.25) is 4.79 Å². The minimum absolute atomic E-state index is 0.616. The van der Waals surface area contributed by atoms with E-state index in [9.17, 15) is 4.79 Å². The van der Waals surface area contributed by atoms with Gasteiger partial charge in [-0.1, -0.05) is 30.3 Å². The molecule has 3 heterocycles.